The van der Waals surface area contributed by atoms with E-state index < -0.39 is 0 Å². The standard InChI is InChI=1S/C24H19FN6/c25-19-5-2-1-4-18(19)23-28-21-10-11-22(30-13-3-12-27-30)29-24(21)31(23)16-7-8-17-15(14-16)6-9-20(17)26/h1-5,7-8,10-14,20H,6,9,26H2/t20-/m0/s1. The Balaban J connectivity index is 1.64. The van der Waals surface area contributed by atoms with Crippen LogP contribution in [0.5, 0.6) is 0 Å². The normalized spacial score (nSPS) is 15.5. The van der Waals surface area contributed by atoms with Gasteiger partial charge in [-0.05, 0) is 66.4 Å². The highest BCUT2D eigenvalue weighted by Crippen LogP contribution is 2.34. The first kappa shape index (κ1) is 18.0. The Hall–Kier alpha value is -3.84. The van der Waals surface area contributed by atoms with E-state index in [0.717, 1.165) is 18.5 Å². The molecule has 152 valence electrons. The van der Waals surface area contributed by atoms with Gasteiger partial charge in [0.25, 0.3) is 0 Å². The fourth-order valence-electron chi connectivity index (χ4n) is 4.32. The van der Waals surface area contributed by atoms with E-state index in [0.29, 0.717) is 28.4 Å². The van der Waals surface area contributed by atoms with Crippen molar-refractivity contribution in [2.45, 2.75) is 18.9 Å². The quantitative estimate of drug-likeness (QED) is 0.480. The molecular weight excluding hydrogens is 391 g/mol. The zero-order chi connectivity index (χ0) is 20.9. The average molecular weight is 410 g/mol. The van der Waals surface area contributed by atoms with Gasteiger partial charge in [-0.2, -0.15) is 5.10 Å². The molecular formula is C24H19FN6. The lowest BCUT2D eigenvalue weighted by molar-refractivity contribution is 0.629. The summed E-state index contributed by atoms with van der Waals surface area (Å²) in [5, 5.41) is 4.28. The number of imidazole rings is 1. The molecule has 3 heterocycles. The predicted octanol–water partition coefficient (Wildman–Crippen LogP) is 4.36. The largest absolute Gasteiger partial charge is 0.324 e. The topological polar surface area (TPSA) is 74.6 Å². The minimum absolute atomic E-state index is 0.0687. The minimum atomic E-state index is -0.325. The number of aromatic nitrogens is 5. The van der Waals surface area contributed by atoms with Crippen LogP contribution in [0.4, 0.5) is 4.39 Å². The van der Waals surface area contributed by atoms with Gasteiger partial charge in [-0.15, -0.1) is 0 Å². The van der Waals surface area contributed by atoms with Gasteiger partial charge in [0, 0.05) is 24.1 Å². The summed E-state index contributed by atoms with van der Waals surface area (Å²) >= 11 is 0. The molecule has 7 heteroatoms. The van der Waals surface area contributed by atoms with E-state index >= 15 is 0 Å². The second kappa shape index (κ2) is 6.85. The van der Waals surface area contributed by atoms with Gasteiger partial charge in [-0.1, -0.05) is 18.2 Å². The molecule has 2 aromatic carbocycles. The van der Waals surface area contributed by atoms with E-state index in [1.807, 2.05) is 41.1 Å². The van der Waals surface area contributed by atoms with E-state index in [2.05, 4.69) is 17.2 Å². The number of hydrogen-bond acceptors (Lipinski definition) is 4. The lowest BCUT2D eigenvalue weighted by atomic mass is 10.1. The van der Waals surface area contributed by atoms with Gasteiger partial charge in [0.15, 0.2) is 11.5 Å². The Labute approximate surface area is 177 Å². The van der Waals surface area contributed by atoms with E-state index in [4.69, 9.17) is 15.7 Å². The number of nitrogens with two attached hydrogens (primary N) is 1. The van der Waals surface area contributed by atoms with Crippen molar-refractivity contribution in [3.8, 4) is 22.9 Å². The van der Waals surface area contributed by atoms with E-state index in [1.54, 1.807) is 23.0 Å². The molecule has 31 heavy (non-hydrogen) atoms. The van der Waals surface area contributed by atoms with Crippen LogP contribution >= 0.6 is 0 Å². The van der Waals surface area contributed by atoms with Gasteiger partial charge >= 0.3 is 0 Å². The summed E-state index contributed by atoms with van der Waals surface area (Å²) in [5.41, 5.74) is 11.3. The van der Waals surface area contributed by atoms with Crippen molar-refractivity contribution in [2.24, 2.45) is 5.73 Å². The summed E-state index contributed by atoms with van der Waals surface area (Å²) in [5.74, 6) is 0.858. The molecule has 6 rings (SSSR count). The van der Waals surface area contributed by atoms with Gasteiger partial charge in [0.1, 0.15) is 17.2 Å². The summed E-state index contributed by atoms with van der Waals surface area (Å²) in [6.45, 7) is 0. The molecule has 0 fully saturated rings. The van der Waals surface area contributed by atoms with Crippen LogP contribution in [0.1, 0.15) is 23.6 Å². The van der Waals surface area contributed by atoms with Crippen LogP contribution in [-0.4, -0.2) is 24.3 Å². The number of halogens is 1. The fraction of sp³-hybridized carbons (Fsp3) is 0.125. The zero-order valence-corrected chi connectivity index (χ0v) is 16.6. The second-order valence-corrected chi connectivity index (χ2v) is 7.74. The highest BCUT2D eigenvalue weighted by atomic mass is 19.1. The molecule has 0 aliphatic heterocycles. The predicted molar refractivity (Wildman–Crippen MR) is 117 cm³/mol. The molecule has 1 atom stereocenters. The first-order valence-corrected chi connectivity index (χ1v) is 10.2. The third-order valence-corrected chi connectivity index (χ3v) is 5.85. The molecule has 0 spiro atoms. The van der Waals surface area contributed by atoms with E-state index in [9.17, 15) is 4.39 Å². The molecule has 0 unspecified atom stereocenters. The highest BCUT2D eigenvalue weighted by Gasteiger charge is 2.23. The maximum atomic E-state index is 14.8. The van der Waals surface area contributed by atoms with Gasteiger partial charge in [0.2, 0.25) is 0 Å². The maximum Gasteiger partial charge on any atom is 0.167 e. The van der Waals surface area contributed by atoms with E-state index in [-0.39, 0.29) is 11.9 Å². The van der Waals surface area contributed by atoms with Crippen LogP contribution in [0.2, 0.25) is 0 Å². The molecule has 0 saturated heterocycles. The summed E-state index contributed by atoms with van der Waals surface area (Å²) in [6.07, 6.45) is 5.41. The van der Waals surface area contributed by atoms with Crippen molar-refractivity contribution in [1.82, 2.24) is 24.3 Å². The number of nitrogens with zero attached hydrogens (tertiary/aromatic N) is 5. The molecule has 1 aliphatic rings. The van der Waals surface area contributed by atoms with Crippen LogP contribution in [0.3, 0.4) is 0 Å². The van der Waals surface area contributed by atoms with Gasteiger partial charge in [-0.3, -0.25) is 4.57 Å². The van der Waals surface area contributed by atoms with Crippen LogP contribution < -0.4 is 5.73 Å². The Morgan fingerprint density at radius 1 is 1.00 bits per heavy atom. The smallest absolute Gasteiger partial charge is 0.167 e. The summed E-state index contributed by atoms with van der Waals surface area (Å²) in [4.78, 5) is 9.59. The van der Waals surface area contributed by atoms with Crippen molar-refractivity contribution >= 4 is 11.2 Å². The van der Waals surface area contributed by atoms with Crippen molar-refractivity contribution in [3.63, 3.8) is 0 Å². The Bertz CT molecular complexity index is 1420. The van der Waals surface area contributed by atoms with Crippen molar-refractivity contribution in [3.05, 3.63) is 90.0 Å². The molecule has 0 bridgehead atoms. The second-order valence-electron chi connectivity index (χ2n) is 7.74. The Morgan fingerprint density at radius 3 is 2.74 bits per heavy atom. The van der Waals surface area contributed by atoms with E-state index in [1.165, 1.54) is 17.2 Å². The molecule has 6 nitrogen and oxygen atoms in total. The summed E-state index contributed by atoms with van der Waals surface area (Å²) in [7, 11) is 0. The first-order valence-electron chi connectivity index (χ1n) is 10.2. The van der Waals surface area contributed by atoms with Crippen molar-refractivity contribution in [1.29, 1.82) is 0 Å². The van der Waals surface area contributed by atoms with Gasteiger partial charge in [0.05, 0.1) is 5.56 Å². The first-order chi connectivity index (χ1) is 15.2. The zero-order valence-electron chi connectivity index (χ0n) is 16.6. The number of rotatable bonds is 3. The third kappa shape index (κ3) is 2.85. The SMILES string of the molecule is N[C@H]1CCc2cc(-n3c(-c4ccccc4F)nc4ccc(-n5cccn5)nc43)ccc21. The van der Waals surface area contributed by atoms with Crippen LogP contribution in [0.25, 0.3) is 34.1 Å². The van der Waals surface area contributed by atoms with Gasteiger partial charge < -0.3 is 5.73 Å². The maximum absolute atomic E-state index is 14.8. The lowest BCUT2D eigenvalue weighted by Gasteiger charge is -2.12. The Morgan fingerprint density at radius 2 is 1.90 bits per heavy atom. The molecule has 0 radical (unpaired) electrons. The summed E-state index contributed by atoms with van der Waals surface area (Å²) in [6, 6.07) is 18.5. The van der Waals surface area contributed by atoms with Crippen molar-refractivity contribution < 1.29 is 4.39 Å². The molecule has 5 aromatic rings. The number of aryl methyl sites for hydroxylation is 1. The number of fused-ring (bicyclic) bond motifs is 2. The molecule has 0 amide bonds. The number of benzene rings is 2. The monoisotopic (exact) mass is 410 g/mol. The van der Waals surface area contributed by atoms with Crippen molar-refractivity contribution in [2.75, 3.05) is 0 Å². The molecule has 0 saturated carbocycles. The third-order valence-electron chi connectivity index (χ3n) is 5.85. The number of hydrogen-bond donors (Lipinski definition) is 1. The average Bonchev–Trinajstić information content (AvgIpc) is 3.52. The molecule has 1 aliphatic carbocycles. The number of pyridine rings is 1. The Kier molecular flexibility index (Phi) is 3.97. The fourth-order valence-corrected chi connectivity index (χ4v) is 4.32. The molecule has 2 N–H and O–H groups in total. The minimum Gasteiger partial charge on any atom is -0.324 e. The van der Waals surface area contributed by atoms with Crippen LogP contribution in [0.15, 0.2) is 73.1 Å². The van der Waals surface area contributed by atoms with Gasteiger partial charge in [-0.25, -0.2) is 19.0 Å². The summed E-state index contributed by atoms with van der Waals surface area (Å²) < 4.78 is 18.4. The lowest BCUT2D eigenvalue weighted by Crippen LogP contribution is -2.06. The van der Waals surface area contributed by atoms with Crippen LogP contribution in [-0.2, 0) is 6.42 Å². The highest BCUT2D eigenvalue weighted by molar-refractivity contribution is 5.81. The van der Waals surface area contributed by atoms with Crippen LogP contribution in [0, 0.1) is 5.82 Å². The molecule has 3 aromatic heterocycles.